The second-order valence-electron chi connectivity index (χ2n) is 4.34. The van der Waals surface area contributed by atoms with Crippen molar-refractivity contribution in [1.29, 1.82) is 0 Å². The number of fused-ring (bicyclic) bond motifs is 1. The van der Waals surface area contributed by atoms with Crippen LogP contribution >= 0.6 is 22.6 Å². The van der Waals surface area contributed by atoms with Crippen molar-refractivity contribution in [1.82, 2.24) is 4.98 Å². The maximum absolute atomic E-state index is 10.8. The molecule has 0 amide bonds. The normalized spacial score (nSPS) is 10.9. The predicted molar refractivity (Wildman–Crippen MR) is 83.6 cm³/mol. The molecule has 0 saturated carbocycles. The molecular formula is C14H9IN2O3. The third kappa shape index (κ3) is 2.15. The Kier molecular flexibility index (Phi) is 3.17. The van der Waals surface area contributed by atoms with Crippen LogP contribution in [0.3, 0.4) is 0 Å². The fraction of sp³-hybridized carbons (Fsp3) is 0.0714. The highest BCUT2D eigenvalue weighted by Crippen LogP contribution is 2.30. The Morgan fingerprint density at radius 2 is 2.10 bits per heavy atom. The molecule has 0 aliphatic rings. The summed E-state index contributed by atoms with van der Waals surface area (Å²) in [5.74, 6) is 0.483. The van der Waals surface area contributed by atoms with Crippen LogP contribution in [0.5, 0.6) is 0 Å². The number of nitro groups is 1. The van der Waals surface area contributed by atoms with Gasteiger partial charge in [-0.1, -0.05) is 6.07 Å². The minimum atomic E-state index is -0.446. The van der Waals surface area contributed by atoms with Crippen LogP contribution in [-0.2, 0) is 0 Å². The molecule has 0 atom stereocenters. The first-order valence-electron chi connectivity index (χ1n) is 5.87. The van der Waals surface area contributed by atoms with E-state index in [-0.39, 0.29) is 5.69 Å². The molecule has 6 heteroatoms. The first-order valence-corrected chi connectivity index (χ1v) is 6.94. The zero-order valence-electron chi connectivity index (χ0n) is 10.5. The fourth-order valence-corrected chi connectivity index (χ4v) is 2.48. The molecule has 1 aromatic heterocycles. The average molecular weight is 380 g/mol. The summed E-state index contributed by atoms with van der Waals surface area (Å²) in [4.78, 5) is 14.7. The maximum Gasteiger partial charge on any atom is 0.273 e. The first kappa shape index (κ1) is 13.0. The largest absolute Gasteiger partial charge is 0.436 e. The maximum atomic E-state index is 10.8. The second kappa shape index (κ2) is 4.86. The van der Waals surface area contributed by atoms with Crippen LogP contribution in [0.25, 0.3) is 22.6 Å². The number of hydrogen-bond donors (Lipinski definition) is 0. The van der Waals surface area contributed by atoms with Crippen LogP contribution < -0.4 is 0 Å². The van der Waals surface area contributed by atoms with Crippen LogP contribution in [0.1, 0.15) is 5.56 Å². The van der Waals surface area contributed by atoms with Crippen LogP contribution in [0.2, 0.25) is 0 Å². The molecule has 100 valence electrons. The standard InChI is InChI=1S/C14H9IN2O3/c1-8-10(3-2-4-11(8)15)14-16-12-6-5-9(17(18)19)7-13(12)20-14/h2-7H,1H3. The quantitative estimate of drug-likeness (QED) is 0.377. The summed E-state index contributed by atoms with van der Waals surface area (Å²) >= 11 is 2.25. The molecule has 5 nitrogen and oxygen atoms in total. The van der Waals surface area contributed by atoms with Gasteiger partial charge in [-0.3, -0.25) is 10.1 Å². The monoisotopic (exact) mass is 380 g/mol. The molecule has 0 aliphatic carbocycles. The summed E-state index contributed by atoms with van der Waals surface area (Å²) in [7, 11) is 0. The molecule has 3 rings (SSSR count). The van der Waals surface area contributed by atoms with Gasteiger partial charge in [-0.15, -0.1) is 0 Å². The topological polar surface area (TPSA) is 69.2 Å². The van der Waals surface area contributed by atoms with Gasteiger partial charge in [0.05, 0.1) is 11.0 Å². The number of nitrogens with zero attached hydrogens (tertiary/aromatic N) is 2. The lowest BCUT2D eigenvalue weighted by Gasteiger charge is -2.02. The summed E-state index contributed by atoms with van der Waals surface area (Å²) < 4.78 is 6.78. The van der Waals surface area contributed by atoms with Crippen molar-refractivity contribution in [2.24, 2.45) is 0 Å². The van der Waals surface area contributed by atoms with Gasteiger partial charge in [-0.2, -0.15) is 0 Å². The number of aromatic nitrogens is 1. The van der Waals surface area contributed by atoms with E-state index in [4.69, 9.17) is 4.42 Å². The number of oxazole rings is 1. The van der Waals surface area contributed by atoms with Crippen molar-refractivity contribution in [2.45, 2.75) is 6.92 Å². The lowest BCUT2D eigenvalue weighted by atomic mass is 10.1. The van der Waals surface area contributed by atoms with Crippen LogP contribution in [0.15, 0.2) is 40.8 Å². The van der Waals surface area contributed by atoms with Crippen molar-refractivity contribution in [3.63, 3.8) is 0 Å². The number of non-ortho nitro benzene ring substituents is 1. The minimum absolute atomic E-state index is 0.000404. The van der Waals surface area contributed by atoms with Crippen molar-refractivity contribution >= 4 is 39.4 Å². The molecule has 0 bridgehead atoms. The van der Waals surface area contributed by atoms with Gasteiger partial charge >= 0.3 is 0 Å². The van der Waals surface area contributed by atoms with E-state index in [0.29, 0.717) is 17.0 Å². The van der Waals surface area contributed by atoms with Crippen molar-refractivity contribution < 1.29 is 9.34 Å². The van der Waals surface area contributed by atoms with Gasteiger partial charge in [0.2, 0.25) is 5.89 Å². The Hall–Kier alpha value is -1.96. The third-order valence-corrected chi connectivity index (χ3v) is 4.25. The summed E-state index contributed by atoms with van der Waals surface area (Å²) in [6.07, 6.45) is 0. The van der Waals surface area contributed by atoms with Gasteiger partial charge in [0.1, 0.15) is 5.52 Å². The smallest absolute Gasteiger partial charge is 0.273 e. The number of rotatable bonds is 2. The fourth-order valence-electron chi connectivity index (χ4n) is 1.98. The highest BCUT2D eigenvalue weighted by Gasteiger charge is 2.14. The summed E-state index contributed by atoms with van der Waals surface area (Å²) in [5.41, 5.74) is 3.01. The van der Waals surface area contributed by atoms with Gasteiger partial charge in [0, 0.05) is 15.2 Å². The lowest BCUT2D eigenvalue weighted by molar-refractivity contribution is -0.384. The summed E-state index contributed by atoms with van der Waals surface area (Å²) in [6.45, 7) is 1.99. The number of nitro benzene ring substituents is 1. The van der Waals surface area contributed by atoms with Gasteiger partial charge in [-0.25, -0.2) is 4.98 Å². The average Bonchev–Trinajstić information content (AvgIpc) is 2.84. The molecule has 1 heterocycles. The van der Waals surface area contributed by atoms with E-state index >= 15 is 0 Å². The van der Waals surface area contributed by atoms with Crippen LogP contribution in [0, 0.1) is 20.6 Å². The second-order valence-corrected chi connectivity index (χ2v) is 5.50. The highest BCUT2D eigenvalue weighted by atomic mass is 127. The van der Waals surface area contributed by atoms with E-state index < -0.39 is 4.92 Å². The third-order valence-electron chi connectivity index (χ3n) is 3.08. The Morgan fingerprint density at radius 1 is 1.30 bits per heavy atom. The molecular weight excluding hydrogens is 371 g/mol. The Bertz CT molecular complexity index is 826. The molecule has 20 heavy (non-hydrogen) atoms. The predicted octanol–water partition coefficient (Wildman–Crippen LogP) is 4.32. The van der Waals surface area contributed by atoms with Crippen LogP contribution in [0.4, 0.5) is 5.69 Å². The molecule has 3 aromatic rings. The minimum Gasteiger partial charge on any atom is -0.436 e. The van der Waals surface area contributed by atoms with Crippen molar-refractivity contribution in [3.8, 4) is 11.5 Å². The highest BCUT2D eigenvalue weighted by molar-refractivity contribution is 14.1. The number of halogens is 1. The van der Waals surface area contributed by atoms with E-state index in [1.807, 2.05) is 25.1 Å². The molecule has 0 fully saturated rings. The molecule has 0 aliphatic heterocycles. The Balaban J connectivity index is 2.18. The first-order chi connectivity index (χ1) is 9.56. The molecule has 0 spiro atoms. The molecule has 2 aromatic carbocycles. The summed E-state index contributed by atoms with van der Waals surface area (Å²) in [5, 5.41) is 10.8. The van der Waals surface area contributed by atoms with Gasteiger partial charge in [0.25, 0.3) is 5.69 Å². The molecule has 0 unspecified atom stereocenters. The number of benzene rings is 2. The van der Waals surface area contributed by atoms with Gasteiger partial charge < -0.3 is 4.42 Å². The zero-order valence-corrected chi connectivity index (χ0v) is 12.6. The van der Waals surface area contributed by atoms with Crippen LogP contribution in [-0.4, -0.2) is 9.91 Å². The van der Waals surface area contributed by atoms with E-state index in [2.05, 4.69) is 27.6 Å². The molecule has 0 radical (unpaired) electrons. The van der Waals surface area contributed by atoms with E-state index in [1.165, 1.54) is 12.1 Å². The van der Waals surface area contributed by atoms with E-state index in [1.54, 1.807) is 6.07 Å². The lowest BCUT2D eigenvalue weighted by Crippen LogP contribution is -1.86. The van der Waals surface area contributed by atoms with Gasteiger partial charge in [-0.05, 0) is 53.3 Å². The van der Waals surface area contributed by atoms with E-state index in [9.17, 15) is 10.1 Å². The number of hydrogen-bond acceptors (Lipinski definition) is 4. The molecule has 0 N–H and O–H groups in total. The Labute approximate surface area is 127 Å². The molecule has 0 saturated heterocycles. The van der Waals surface area contributed by atoms with E-state index in [0.717, 1.165) is 14.7 Å². The van der Waals surface area contributed by atoms with Crippen molar-refractivity contribution in [3.05, 3.63) is 55.6 Å². The van der Waals surface area contributed by atoms with Gasteiger partial charge in [0.15, 0.2) is 5.58 Å². The SMILES string of the molecule is Cc1c(I)cccc1-c1nc2ccc([N+](=O)[O-])cc2o1. The van der Waals surface area contributed by atoms with Crippen molar-refractivity contribution in [2.75, 3.05) is 0 Å². The Morgan fingerprint density at radius 3 is 2.85 bits per heavy atom. The summed E-state index contributed by atoms with van der Waals surface area (Å²) in [6, 6.07) is 10.3. The zero-order chi connectivity index (χ0) is 14.3.